The summed E-state index contributed by atoms with van der Waals surface area (Å²) in [5.74, 6) is 0.460. The Bertz CT molecular complexity index is 655. The second kappa shape index (κ2) is 5.65. The average molecular weight is 312 g/mol. The van der Waals surface area contributed by atoms with E-state index in [-0.39, 0.29) is 16.8 Å². The lowest BCUT2D eigenvalue weighted by atomic mass is 10.1. The molecule has 0 fully saturated rings. The molecule has 1 aliphatic heterocycles. The molecule has 1 aromatic carbocycles. The highest BCUT2D eigenvalue weighted by molar-refractivity contribution is 7.89. The van der Waals surface area contributed by atoms with E-state index in [4.69, 9.17) is 9.88 Å². The molecule has 1 aromatic rings. The molecule has 21 heavy (non-hydrogen) atoms. The molecule has 2 N–H and O–H groups in total. The van der Waals surface area contributed by atoms with Gasteiger partial charge in [0.25, 0.3) is 5.91 Å². The number of nitrogens with two attached hydrogens (primary N) is 1. The fraction of sp³-hybridized carbons (Fsp3) is 0.500. The molecule has 1 aliphatic rings. The predicted molar refractivity (Wildman–Crippen MR) is 78.5 cm³/mol. The minimum Gasteiger partial charge on any atom is -0.480 e. The predicted octanol–water partition coefficient (Wildman–Crippen LogP) is 0.894. The molecule has 1 atom stereocenters. The summed E-state index contributed by atoms with van der Waals surface area (Å²) in [6.45, 7) is 6.42. The minimum absolute atomic E-state index is 0.0363. The molecule has 116 valence electrons. The molecule has 0 saturated carbocycles. The van der Waals surface area contributed by atoms with Crippen molar-refractivity contribution < 1.29 is 17.9 Å². The van der Waals surface area contributed by atoms with E-state index < -0.39 is 16.1 Å². The van der Waals surface area contributed by atoms with Crippen LogP contribution in [0.25, 0.3) is 0 Å². The third kappa shape index (κ3) is 3.19. The number of ether oxygens (including phenoxy) is 1. The van der Waals surface area contributed by atoms with Crippen LogP contribution >= 0.6 is 0 Å². The van der Waals surface area contributed by atoms with Gasteiger partial charge >= 0.3 is 0 Å². The van der Waals surface area contributed by atoms with Gasteiger partial charge in [0.05, 0.1) is 4.90 Å². The molecule has 1 heterocycles. The highest BCUT2D eigenvalue weighted by Gasteiger charge is 2.33. The van der Waals surface area contributed by atoms with Crippen LogP contribution in [-0.2, 0) is 21.2 Å². The lowest BCUT2D eigenvalue weighted by Gasteiger charge is -2.27. The van der Waals surface area contributed by atoms with Crippen molar-refractivity contribution in [1.82, 2.24) is 4.90 Å². The zero-order valence-electron chi connectivity index (χ0n) is 12.4. The summed E-state index contributed by atoms with van der Waals surface area (Å²) in [4.78, 5) is 14.2. The van der Waals surface area contributed by atoms with Crippen molar-refractivity contribution in [2.45, 2.75) is 44.2 Å². The summed E-state index contributed by atoms with van der Waals surface area (Å²) in [5.41, 5.74) is 0.694. The Morgan fingerprint density at radius 3 is 2.67 bits per heavy atom. The van der Waals surface area contributed by atoms with Gasteiger partial charge in [0.2, 0.25) is 10.0 Å². The number of hydrogen-bond acceptors (Lipinski definition) is 4. The van der Waals surface area contributed by atoms with Gasteiger partial charge in [-0.15, -0.1) is 0 Å². The molecule has 0 radical (unpaired) electrons. The zero-order chi connectivity index (χ0) is 15.8. The molecule has 2 rings (SSSR count). The summed E-state index contributed by atoms with van der Waals surface area (Å²) in [6.07, 6.45) is -0.237. The summed E-state index contributed by atoms with van der Waals surface area (Å²) in [6, 6.07) is 4.51. The highest BCUT2D eigenvalue weighted by atomic mass is 32.2. The van der Waals surface area contributed by atoms with E-state index in [1.165, 1.54) is 12.1 Å². The maximum absolute atomic E-state index is 12.4. The number of carbonyl (C=O) groups is 1. The smallest absolute Gasteiger partial charge is 0.264 e. The van der Waals surface area contributed by atoms with Crippen LogP contribution in [0.3, 0.4) is 0 Å². The number of amides is 1. The van der Waals surface area contributed by atoms with Gasteiger partial charge in [-0.25, -0.2) is 13.6 Å². The molecule has 0 bridgehead atoms. The number of carbonyl (C=O) groups excluding carboxylic acids is 1. The molecular formula is C14H20N2O4S. The van der Waals surface area contributed by atoms with Gasteiger partial charge in [-0.1, -0.05) is 0 Å². The average Bonchev–Trinajstić information content (AvgIpc) is 2.80. The Morgan fingerprint density at radius 2 is 2.14 bits per heavy atom. The summed E-state index contributed by atoms with van der Waals surface area (Å²) in [5, 5.41) is 5.11. The van der Waals surface area contributed by atoms with E-state index in [1.807, 2.05) is 20.8 Å². The van der Waals surface area contributed by atoms with Gasteiger partial charge in [-0.05, 0) is 44.5 Å². The van der Waals surface area contributed by atoms with Gasteiger partial charge in [0.15, 0.2) is 6.10 Å². The molecule has 0 saturated heterocycles. The lowest BCUT2D eigenvalue weighted by Crippen LogP contribution is -2.44. The van der Waals surface area contributed by atoms with Crippen molar-refractivity contribution in [3.8, 4) is 5.75 Å². The fourth-order valence-electron chi connectivity index (χ4n) is 2.50. The first-order valence-electron chi connectivity index (χ1n) is 6.87. The van der Waals surface area contributed by atoms with Crippen LogP contribution in [0.15, 0.2) is 23.1 Å². The molecule has 7 heteroatoms. The van der Waals surface area contributed by atoms with Crippen molar-refractivity contribution in [2.24, 2.45) is 5.14 Å². The standard InChI is InChI=1S/C14H20N2O4S/c1-4-16(9(2)3)14(17)13-8-10-7-11(21(15,18)19)5-6-12(10)20-13/h5-7,9,13H,4,8H2,1-3H3,(H2,15,18,19). The lowest BCUT2D eigenvalue weighted by molar-refractivity contribution is -0.139. The number of fused-ring (bicyclic) bond motifs is 1. The van der Waals surface area contributed by atoms with Crippen LogP contribution in [0.2, 0.25) is 0 Å². The molecule has 0 aliphatic carbocycles. The van der Waals surface area contributed by atoms with Crippen LogP contribution in [0.1, 0.15) is 26.3 Å². The maximum atomic E-state index is 12.4. The third-order valence-electron chi connectivity index (χ3n) is 3.56. The number of primary sulfonamides is 1. The molecule has 6 nitrogen and oxygen atoms in total. The van der Waals surface area contributed by atoms with Crippen LogP contribution in [0.5, 0.6) is 5.75 Å². The number of rotatable bonds is 4. The maximum Gasteiger partial charge on any atom is 0.264 e. The second-order valence-corrected chi connectivity index (χ2v) is 6.90. The second-order valence-electron chi connectivity index (χ2n) is 5.34. The van der Waals surface area contributed by atoms with Gasteiger partial charge < -0.3 is 9.64 Å². The van der Waals surface area contributed by atoms with Crippen LogP contribution in [-0.4, -0.2) is 37.9 Å². The molecule has 0 aromatic heterocycles. The topological polar surface area (TPSA) is 89.7 Å². The van der Waals surface area contributed by atoms with Gasteiger partial charge in [0.1, 0.15) is 5.75 Å². The number of nitrogens with zero attached hydrogens (tertiary/aromatic N) is 1. The Hall–Kier alpha value is -1.60. The molecule has 1 unspecified atom stereocenters. The number of hydrogen-bond donors (Lipinski definition) is 1. The van der Waals surface area contributed by atoms with Crippen molar-refractivity contribution in [3.63, 3.8) is 0 Å². The number of likely N-dealkylation sites (N-methyl/N-ethyl adjacent to an activating group) is 1. The minimum atomic E-state index is -3.75. The fourth-order valence-corrected chi connectivity index (χ4v) is 3.06. The SMILES string of the molecule is CCN(C(=O)C1Cc2cc(S(N)(=O)=O)ccc2O1)C(C)C. The van der Waals surface area contributed by atoms with E-state index in [0.717, 1.165) is 0 Å². The van der Waals surface area contributed by atoms with E-state index in [2.05, 4.69) is 0 Å². The number of benzene rings is 1. The van der Waals surface area contributed by atoms with Crippen molar-refractivity contribution in [1.29, 1.82) is 0 Å². The van der Waals surface area contributed by atoms with E-state index in [9.17, 15) is 13.2 Å². The normalized spacial score (nSPS) is 17.5. The summed E-state index contributed by atoms with van der Waals surface area (Å²) in [7, 11) is -3.75. The summed E-state index contributed by atoms with van der Waals surface area (Å²) < 4.78 is 28.4. The number of sulfonamides is 1. The van der Waals surface area contributed by atoms with Gasteiger partial charge in [0, 0.05) is 19.0 Å². The summed E-state index contributed by atoms with van der Waals surface area (Å²) >= 11 is 0. The Morgan fingerprint density at radius 1 is 1.48 bits per heavy atom. The molecule has 1 amide bonds. The Balaban J connectivity index is 2.22. The first-order chi connectivity index (χ1) is 9.74. The molecular weight excluding hydrogens is 292 g/mol. The van der Waals surface area contributed by atoms with E-state index >= 15 is 0 Å². The zero-order valence-corrected chi connectivity index (χ0v) is 13.2. The monoisotopic (exact) mass is 312 g/mol. The van der Waals surface area contributed by atoms with Crippen LogP contribution < -0.4 is 9.88 Å². The van der Waals surface area contributed by atoms with Gasteiger partial charge in [-0.2, -0.15) is 0 Å². The van der Waals surface area contributed by atoms with Crippen LogP contribution in [0, 0.1) is 0 Å². The first kappa shape index (κ1) is 15.8. The van der Waals surface area contributed by atoms with Crippen molar-refractivity contribution in [3.05, 3.63) is 23.8 Å². The van der Waals surface area contributed by atoms with E-state index in [1.54, 1.807) is 11.0 Å². The van der Waals surface area contributed by atoms with E-state index in [0.29, 0.717) is 24.3 Å². The van der Waals surface area contributed by atoms with Gasteiger partial charge in [-0.3, -0.25) is 4.79 Å². The largest absolute Gasteiger partial charge is 0.480 e. The quantitative estimate of drug-likeness (QED) is 0.894. The third-order valence-corrected chi connectivity index (χ3v) is 4.47. The first-order valence-corrected chi connectivity index (χ1v) is 8.41. The Labute approximate surface area is 124 Å². The van der Waals surface area contributed by atoms with Crippen molar-refractivity contribution >= 4 is 15.9 Å². The van der Waals surface area contributed by atoms with Crippen LogP contribution in [0.4, 0.5) is 0 Å². The highest BCUT2D eigenvalue weighted by Crippen LogP contribution is 2.31. The Kier molecular flexibility index (Phi) is 4.25. The molecule has 0 spiro atoms. The van der Waals surface area contributed by atoms with Crippen molar-refractivity contribution in [2.75, 3.05) is 6.54 Å².